The molecule has 6 heteroatoms. The van der Waals surface area contributed by atoms with E-state index >= 15 is 0 Å². The van der Waals surface area contributed by atoms with E-state index in [1.165, 1.54) is 5.56 Å². The van der Waals surface area contributed by atoms with Gasteiger partial charge >= 0.3 is 0 Å². The minimum absolute atomic E-state index is 0.0155. The number of nitrogens with one attached hydrogen (secondary N) is 1. The maximum absolute atomic E-state index is 11.7. The van der Waals surface area contributed by atoms with Crippen LogP contribution in [0.25, 0.3) is 0 Å². The summed E-state index contributed by atoms with van der Waals surface area (Å²) in [5.41, 5.74) is 1.23. The van der Waals surface area contributed by atoms with Gasteiger partial charge in [0.05, 0.1) is 7.11 Å². The summed E-state index contributed by atoms with van der Waals surface area (Å²) in [5.74, 6) is 1.30. The van der Waals surface area contributed by atoms with Crippen LogP contribution in [0.15, 0.2) is 24.3 Å². The molecule has 2 saturated heterocycles. The van der Waals surface area contributed by atoms with E-state index in [9.17, 15) is 9.59 Å². The second-order valence-electron chi connectivity index (χ2n) is 7.38. The standard InChI is InChI=1S/C20H29N3O3/c1-14(24)21-20-13-23(17-8-10-22(11-9-17)15(2)25)12-19(20)16-4-6-18(26-3)7-5-16/h4-7,17,19-20H,8-13H2,1-3H3,(H,21,24)/t19-,20+/m0/s1. The van der Waals surface area contributed by atoms with E-state index in [0.29, 0.717) is 6.04 Å². The predicted octanol–water partition coefficient (Wildman–Crippen LogP) is 1.61. The Morgan fingerprint density at radius 1 is 1.08 bits per heavy atom. The van der Waals surface area contributed by atoms with Gasteiger partial charge in [0.25, 0.3) is 0 Å². The number of hydrogen-bond acceptors (Lipinski definition) is 4. The van der Waals surface area contributed by atoms with Gasteiger partial charge in [0.2, 0.25) is 11.8 Å². The molecule has 3 rings (SSSR count). The third-order valence-electron chi connectivity index (χ3n) is 5.71. The Balaban J connectivity index is 1.70. The van der Waals surface area contributed by atoms with Crippen molar-refractivity contribution in [1.29, 1.82) is 0 Å². The largest absolute Gasteiger partial charge is 0.497 e. The summed E-state index contributed by atoms with van der Waals surface area (Å²) in [7, 11) is 1.67. The van der Waals surface area contributed by atoms with Gasteiger partial charge in [-0.2, -0.15) is 0 Å². The van der Waals surface area contributed by atoms with Crippen LogP contribution in [0.2, 0.25) is 0 Å². The number of carbonyl (C=O) groups excluding carboxylic acids is 2. The molecule has 6 nitrogen and oxygen atoms in total. The van der Waals surface area contributed by atoms with Gasteiger partial charge in [-0.05, 0) is 30.5 Å². The smallest absolute Gasteiger partial charge is 0.219 e. The van der Waals surface area contributed by atoms with Gasteiger partial charge in [0.1, 0.15) is 5.75 Å². The van der Waals surface area contributed by atoms with Crippen molar-refractivity contribution in [1.82, 2.24) is 15.1 Å². The topological polar surface area (TPSA) is 61.9 Å². The zero-order chi connectivity index (χ0) is 18.7. The lowest BCUT2D eigenvalue weighted by Crippen LogP contribution is -2.46. The molecule has 1 aromatic rings. The molecule has 0 unspecified atom stereocenters. The first-order valence-electron chi connectivity index (χ1n) is 9.38. The number of hydrogen-bond donors (Lipinski definition) is 1. The number of ether oxygens (including phenoxy) is 1. The fourth-order valence-corrected chi connectivity index (χ4v) is 4.27. The molecule has 2 atom stereocenters. The van der Waals surface area contributed by atoms with E-state index in [0.717, 1.165) is 44.8 Å². The molecule has 0 spiro atoms. The molecule has 2 aliphatic heterocycles. The lowest BCUT2D eigenvalue weighted by atomic mass is 9.94. The van der Waals surface area contributed by atoms with Gasteiger partial charge in [-0.15, -0.1) is 0 Å². The first-order valence-corrected chi connectivity index (χ1v) is 9.38. The molecule has 2 amide bonds. The molecule has 142 valence electrons. The number of nitrogens with zero attached hydrogens (tertiary/aromatic N) is 2. The fraction of sp³-hybridized carbons (Fsp3) is 0.600. The molecule has 2 fully saturated rings. The Hall–Kier alpha value is -2.08. The summed E-state index contributed by atoms with van der Waals surface area (Å²) < 4.78 is 5.26. The number of methoxy groups -OCH3 is 1. The Labute approximate surface area is 155 Å². The van der Waals surface area contributed by atoms with E-state index in [2.05, 4.69) is 22.3 Å². The van der Waals surface area contributed by atoms with Gasteiger partial charge in [0, 0.05) is 58.0 Å². The summed E-state index contributed by atoms with van der Waals surface area (Å²) in [6, 6.07) is 8.75. The molecular weight excluding hydrogens is 330 g/mol. The predicted molar refractivity (Wildman–Crippen MR) is 100 cm³/mol. The summed E-state index contributed by atoms with van der Waals surface area (Å²) in [5, 5.41) is 3.14. The third kappa shape index (κ3) is 4.18. The number of likely N-dealkylation sites (tertiary alicyclic amines) is 2. The highest BCUT2D eigenvalue weighted by atomic mass is 16.5. The molecule has 0 bridgehead atoms. The Bertz CT molecular complexity index is 638. The highest BCUT2D eigenvalue weighted by Gasteiger charge is 2.38. The number of benzene rings is 1. The van der Waals surface area contributed by atoms with Gasteiger partial charge in [-0.25, -0.2) is 0 Å². The zero-order valence-electron chi connectivity index (χ0n) is 15.9. The summed E-state index contributed by atoms with van der Waals surface area (Å²) in [6.07, 6.45) is 2.00. The van der Waals surface area contributed by atoms with Gasteiger partial charge in [0.15, 0.2) is 0 Å². The lowest BCUT2D eigenvalue weighted by molar-refractivity contribution is -0.130. The number of amides is 2. The van der Waals surface area contributed by atoms with E-state index in [-0.39, 0.29) is 23.8 Å². The van der Waals surface area contributed by atoms with Crippen LogP contribution in [-0.2, 0) is 9.59 Å². The number of carbonyl (C=O) groups is 2. The maximum Gasteiger partial charge on any atom is 0.219 e. The van der Waals surface area contributed by atoms with Crippen LogP contribution in [0.4, 0.5) is 0 Å². The fourth-order valence-electron chi connectivity index (χ4n) is 4.27. The quantitative estimate of drug-likeness (QED) is 0.887. The molecule has 2 heterocycles. The molecular formula is C20H29N3O3. The van der Waals surface area contributed by atoms with Gasteiger partial charge < -0.3 is 15.0 Å². The Kier molecular flexibility index (Phi) is 5.81. The van der Waals surface area contributed by atoms with Crippen molar-refractivity contribution in [3.8, 4) is 5.75 Å². The van der Waals surface area contributed by atoms with E-state index in [4.69, 9.17) is 4.74 Å². The zero-order valence-corrected chi connectivity index (χ0v) is 15.9. The van der Waals surface area contributed by atoms with Crippen LogP contribution in [0.3, 0.4) is 0 Å². The molecule has 0 aromatic heterocycles. The summed E-state index contributed by atoms with van der Waals surface area (Å²) in [4.78, 5) is 27.7. The molecule has 0 radical (unpaired) electrons. The van der Waals surface area contributed by atoms with Crippen LogP contribution in [0.1, 0.15) is 38.2 Å². The van der Waals surface area contributed by atoms with Gasteiger partial charge in [-0.3, -0.25) is 14.5 Å². The van der Waals surface area contributed by atoms with Crippen molar-refractivity contribution in [2.24, 2.45) is 0 Å². The molecule has 0 saturated carbocycles. The lowest BCUT2D eigenvalue weighted by Gasteiger charge is -2.36. The SMILES string of the molecule is COc1ccc([C@@H]2CN(C3CCN(C(C)=O)CC3)C[C@H]2NC(C)=O)cc1. The van der Waals surface area contributed by atoms with Crippen LogP contribution in [0.5, 0.6) is 5.75 Å². The first kappa shape index (κ1) is 18.7. The normalized spacial score (nSPS) is 24.5. The van der Waals surface area contributed by atoms with Crippen molar-refractivity contribution in [2.75, 3.05) is 33.3 Å². The Morgan fingerprint density at radius 2 is 1.73 bits per heavy atom. The molecule has 1 aromatic carbocycles. The Morgan fingerprint density at radius 3 is 2.27 bits per heavy atom. The summed E-state index contributed by atoms with van der Waals surface area (Å²) >= 11 is 0. The highest BCUT2D eigenvalue weighted by molar-refractivity contribution is 5.73. The average molecular weight is 359 g/mol. The second kappa shape index (κ2) is 8.08. The van der Waals surface area contributed by atoms with E-state index < -0.39 is 0 Å². The van der Waals surface area contributed by atoms with Crippen molar-refractivity contribution < 1.29 is 14.3 Å². The number of rotatable bonds is 4. The van der Waals surface area contributed by atoms with Gasteiger partial charge in [-0.1, -0.05) is 12.1 Å². The second-order valence-corrected chi connectivity index (χ2v) is 7.38. The monoisotopic (exact) mass is 359 g/mol. The van der Waals surface area contributed by atoms with Crippen molar-refractivity contribution in [3.63, 3.8) is 0 Å². The number of piperidine rings is 1. The highest BCUT2D eigenvalue weighted by Crippen LogP contribution is 2.32. The van der Waals surface area contributed by atoms with Crippen LogP contribution in [-0.4, -0.2) is 67.0 Å². The third-order valence-corrected chi connectivity index (χ3v) is 5.71. The molecule has 1 N–H and O–H groups in total. The van der Waals surface area contributed by atoms with E-state index in [1.54, 1.807) is 21.0 Å². The molecule has 26 heavy (non-hydrogen) atoms. The first-order chi connectivity index (χ1) is 12.5. The minimum Gasteiger partial charge on any atom is -0.497 e. The summed E-state index contributed by atoms with van der Waals surface area (Å²) in [6.45, 7) is 6.67. The van der Waals surface area contributed by atoms with E-state index in [1.807, 2.05) is 17.0 Å². The average Bonchev–Trinajstić information content (AvgIpc) is 3.05. The van der Waals surface area contributed by atoms with Crippen molar-refractivity contribution in [3.05, 3.63) is 29.8 Å². The molecule has 0 aliphatic carbocycles. The van der Waals surface area contributed by atoms with Crippen LogP contribution in [0, 0.1) is 0 Å². The van der Waals surface area contributed by atoms with Crippen molar-refractivity contribution >= 4 is 11.8 Å². The van der Waals surface area contributed by atoms with Crippen molar-refractivity contribution in [2.45, 2.75) is 44.7 Å². The molecule has 2 aliphatic rings. The van der Waals surface area contributed by atoms with Crippen LogP contribution >= 0.6 is 0 Å². The van der Waals surface area contributed by atoms with Crippen LogP contribution < -0.4 is 10.1 Å². The minimum atomic E-state index is 0.0155. The maximum atomic E-state index is 11.7.